The van der Waals surface area contributed by atoms with Crippen molar-refractivity contribution >= 4 is 17.5 Å². The Morgan fingerprint density at radius 3 is 2.91 bits per heavy atom. The molecule has 4 heterocycles. The van der Waals surface area contributed by atoms with Crippen molar-refractivity contribution in [3.63, 3.8) is 0 Å². The lowest BCUT2D eigenvalue weighted by Crippen LogP contribution is -2.38. The standard InChI is InChI=1S/C16H19N3O3/c20-15(11-3-5-22-10-11)18-7-12-8-19(16(21)14(12)9-18)13-2-1-4-17-6-13/h1-2,4,6,11-12,14H,3,5,7-10H2/t11?,12-,14-/m1/s1. The lowest BCUT2D eigenvalue weighted by Gasteiger charge is -2.23. The molecule has 3 fully saturated rings. The number of rotatable bonds is 2. The first-order chi connectivity index (χ1) is 10.7. The van der Waals surface area contributed by atoms with Crippen molar-refractivity contribution in [2.75, 3.05) is 37.7 Å². The smallest absolute Gasteiger partial charge is 0.232 e. The predicted octanol–water partition coefficient (Wildman–Crippen LogP) is 0.539. The number of aromatic nitrogens is 1. The summed E-state index contributed by atoms with van der Waals surface area (Å²) in [5.41, 5.74) is 0.851. The summed E-state index contributed by atoms with van der Waals surface area (Å²) in [5, 5.41) is 0. The molecular weight excluding hydrogens is 282 g/mol. The average Bonchev–Trinajstić information content (AvgIpc) is 3.25. The lowest BCUT2D eigenvalue weighted by atomic mass is 10.0. The van der Waals surface area contributed by atoms with E-state index in [1.54, 1.807) is 12.4 Å². The number of hydrogen-bond donors (Lipinski definition) is 0. The number of pyridine rings is 1. The van der Waals surface area contributed by atoms with Crippen LogP contribution in [0.4, 0.5) is 5.69 Å². The van der Waals surface area contributed by atoms with Crippen LogP contribution in [0, 0.1) is 17.8 Å². The number of ether oxygens (including phenoxy) is 1. The van der Waals surface area contributed by atoms with E-state index in [1.807, 2.05) is 21.9 Å². The van der Waals surface area contributed by atoms with Crippen LogP contribution in [0.15, 0.2) is 24.5 Å². The number of carbonyl (C=O) groups excluding carboxylic acids is 2. The minimum atomic E-state index is -0.0634. The maximum atomic E-state index is 12.6. The third kappa shape index (κ3) is 2.18. The van der Waals surface area contributed by atoms with Gasteiger partial charge in [-0.15, -0.1) is 0 Å². The van der Waals surface area contributed by atoms with Crippen LogP contribution < -0.4 is 4.90 Å². The summed E-state index contributed by atoms with van der Waals surface area (Å²) in [6.07, 6.45) is 4.23. The molecule has 3 aliphatic rings. The predicted molar refractivity (Wildman–Crippen MR) is 79.1 cm³/mol. The number of hydrogen-bond acceptors (Lipinski definition) is 4. The largest absolute Gasteiger partial charge is 0.381 e. The highest BCUT2D eigenvalue weighted by Crippen LogP contribution is 2.35. The SMILES string of the molecule is O=C(C1CCOC1)N1C[C@@H]2CN(c3cccnc3)C(=O)[C@@H]2C1. The van der Waals surface area contributed by atoms with Crippen LogP contribution in [0.5, 0.6) is 0 Å². The lowest BCUT2D eigenvalue weighted by molar-refractivity contribution is -0.134. The van der Waals surface area contributed by atoms with E-state index in [0.717, 1.165) is 12.1 Å². The molecule has 0 radical (unpaired) electrons. The number of carbonyl (C=O) groups is 2. The topological polar surface area (TPSA) is 62.7 Å². The summed E-state index contributed by atoms with van der Waals surface area (Å²) in [6.45, 7) is 3.11. The Kier molecular flexibility index (Phi) is 3.33. The molecule has 0 aliphatic carbocycles. The minimum Gasteiger partial charge on any atom is -0.381 e. The van der Waals surface area contributed by atoms with Crippen molar-refractivity contribution in [1.29, 1.82) is 0 Å². The third-order valence-corrected chi connectivity index (χ3v) is 4.99. The van der Waals surface area contributed by atoms with Crippen LogP contribution in [0.3, 0.4) is 0 Å². The van der Waals surface area contributed by atoms with Gasteiger partial charge in [0.15, 0.2) is 0 Å². The summed E-state index contributed by atoms with van der Waals surface area (Å²) < 4.78 is 5.30. The van der Waals surface area contributed by atoms with Crippen molar-refractivity contribution in [3.05, 3.63) is 24.5 Å². The highest BCUT2D eigenvalue weighted by atomic mass is 16.5. The van der Waals surface area contributed by atoms with Gasteiger partial charge in [0.25, 0.3) is 0 Å². The van der Waals surface area contributed by atoms with E-state index in [-0.39, 0.29) is 29.6 Å². The van der Waals surface area contributed by atoms with E-state index >= 15 is 0 Å². The van der Waals surface area contributed by atoms with Gasteiger partial charge < -0.3 is 14.5 Å². The number of nitrogens with zero attached hydrogens (tertiary/aromatic N) is 3. The maximum absolute atomic E-state index is 12.6. The average molecular weight is 301 g/mol. The van der Waals surface area contributed by atoms with Gasteiger partial charge in [-0.1, -0.05) is 0 Å². The van der Waals surface area contributed by atoms with E-state index in [9.17, 15) is 9.59 Å². The van der Waals surface area contributed by atoms with Gasteiger partial charge in [-0.05, 0) is 18.6 Å². The summed E-state index contributed by atoms with van der Waals surface area (Å²) in [7, 11) is 0. The first-order valence-electron chi connectivity index (χ1n) is 7.82. The Bertz CT molecular complexity index is 586. The molecule has 6 heteroatoms. The Morgan fingerprint density at radius 2 is 2.23 bits per heavy atom. The Labute approximate surface area is 129 Å². The molecule has 22 heavy (non-hydrogen) atoms. The molecule has 3 saturated heterocycles. The molecule has 3 aliphatic heterocycles. The molecule has 0 spiro atoms. The Hall–Kier alpha value is -1.95. The zero-order valence-corrected chi connectivity index (χ0v) is 12.4. The van der Waals surface area contributed by atoms with Gasteiger partial charge in [-0.3, -0.25) is 14.6 Å². The van der Waals surface area contributed by atoms with E-state index in [2.05, 4.69) is 4.98 Å². The minimum absolute atomic E-state index is 0.0108. The molecule has 3 atom stereocenters. The second-order valence-corrected chi connectivity index (χ2v) is 6.33. The number of anilines is 1. The van der Waals surface area contributed by atoms with Gasteiger partial charge >= 0.3 is 0 Å². The van der Waals surface area contributed by atoms with Crippen LogP contribution in [-0.2, 0) is 14.3 Å². The van der Waals surface area contributed by atoms with Crippen molar-refractivity contribution in [2.24, 2.45) is 17.8 Å². The third-order valence-electron chi connectivity index (χ3n) is 4.99. The zero-order chi connectivity index (χ0) is 15.1. The molecule has 0 bridgehead atoms. The highest BCUT2D eigenvalue weighted by molar-refractivity contribution is 5.98. The van der Waals surface area contributed by atoms with Gasteiger partial charge in [-0.25, -0.2) is 0 Å². The van der Waals surface area contributed by atoms with E-state index in [0.29, 0.717) is 32.8 Å². The molecule has 0 N–H and O–H groups in total. The Balaban J connectivity index is 1.45. The second kappa shape index (κ2) is 5.35. The molecule has 1 unspecified atom stereocenters. The normalized spacial score (nSPS) is 30.9. The summed E-state index contributed by atoms with van der Waals surface area (Å²) in [5.74, 6) is 0.442. The maximum Gasteiger partial charge on any atom is 0.232 e. The summed E-state index contributed by atoms with van der Waals surface area (Å²) in [4.78, 5) is 32.8. The second-order valence-electron chi connectivity index (χ2n) is 6.33. The quantitative estimate of drug-likeness (QED) is 0.800. The first kappa shape index (κ1) is 13.7. The molecule has 2 amide bonds. The summed E-state index contributed by atoms with van der Waals surface area (Å²) in [6, 6.07) is 3.75. The van der Waals surface area contributed by atoms with Crippen LogP contribution in [-0.4, -0.2) is 54.5 Å². The van der Waals surface area contributed by atoms with Gasteiger partial charge in [-0.2, -0.15) is 0 Å². The van der Waals surface area contributed by atoms with Gasteiger partial charge in [0.2, 0.25) is 11.8 Å². The highest BCUT2D eigenvalue weighted by Gasteiger charge is 2.48. The molecular formula is C16H19N3O3. The van der Waals surface area contributed by atoms with Gasteiger partial charge in [0.1, 0.15) is 0 Å². The van der Waals surface area contributed by atoms with Crippen molar-refractivity contribution in [3.8, 4) is 0 Å². The fourth-order valence-electron chi connectivity index (χ4n) is 3.77. The van der Waals surface area contributed by atoms with Gasteiger partial charge in [0, 0.05) is 38.4 Å². The van der Waals surface area contributed by atoms with Crippen molar-refractivity contribution in [1.82, 2.24) is 9.88 Å². The first-order valence-corrected chi connectivity index (χ1v) is 7.82. The number of likely N-dealkylation sites (tertiary alicyclic amines) is 1. The van der Waals surface area contributed by atoms with Crippen molar-refractivity contribution in [2.45, 2.75) is 6.42 Å². The Morgan fingerprint density at radius 1 is 1.32 bits per heavy atom. The van der Waals surface area contributed by atoms with Crippen LogP contribution in [0.25, 0.3) is 0 Å². The fraction of sp³-hybridized carbons (Fsp3) is 0.562. The number of amides is 2. The molecule has 4 rings (SSSR count). The molecule has 6 nitrogen and oxygen atoms in total. The molecule has 0 saturated carbocycles. The molecule has 1 aromatic rings. The molecule has 0 aromatic carbocycles. The molecule has 116 valence electrons. The summed E-state index contributed by atoms with van der Waals surface area (Å²) >= 11 is 0. The molecule has 1 aromatic heterocycles. The van der Waals surface area contributed by atoms with Crippen molar-refractivity contribution < 1.29 is 14.3 Å². The van der Waals surface area contributed by atoms with E-state index in [1.165, 1.54) is 0 Å². The fourth-order valence-corrected chi connectivity index (χ4v) is 3.77. The number of fused-ring (bicyclic) bond motifs is 1. The van der Waals surface area contributed by atoms with Gasteiger partial charge in [0.05, 0.1) is 30.3 Å². The van der Waals surface area contributed by atoms with E-state index < -0.39 is 0 Å². The zero-order valence-electron chi connectivity index (χ0n) is 12.4. The van der Waals surface area contributed by atoms with Crippen LogP contribution in [0.2, 0.25) is 0 Å². The van der Waals surface area contributed by atoms with E-state index in [4.69, 9.17) is 4.74 Å². The van der Waals surface area contributed by atoms with Crippen LogP contribution in [0.1, 0.15) is 6.42 Å². The monoisotopic (exact) mass is 301 g/mol. The van der Waals surface area contributed by atoms with Crippen LogP contribution >= 0.6 is 0 Å².